The summed E-state index contributed by atoms with van der Waals surface area (Å²) in [6, 6.07) is 0. The maximum Gasteiger partial charge on any atom is 0.138 e. The average molecular weight is 180 g/mol. The fraction of sp³-hybridized carbons (Fsp3) is 0.700. The summed E-state index contributed by atoms with van der Waals surface area (Å²) in [6.45, 7) is 0.604. The van der Waals surface area contributed by atoms with Crippen LogP contribution >= 0.6 is 0 Å². The topological polar surface area (TPSA) is 35.8 Å². The molecule has 1 N–H and O–H groups in total. The Balaban J connectivity index is 2.04. The van der Waals surface area contributed by atoms with Crippen LogP contribution in [-0.4, -0.2) is 28.6 Å². The molecule has 2 aliphatic rings. The Labute approximate surface area is 78.8 Å². The maximum atomic E-state index is 10.3. The van der Waals surface area contributed by atoms with Crippen LogP contribution in [0.1, 0.15) is 32.1 Å². The molecule has 3 nitrogen and oxygen atoms in total. The van der Waals surface area contributed by atoms with Crippen LogP contribution in [0.2, 0.25) is 0 Å². The van der Waals surface area contributed by atoms with Crippen LogP contribution in [0.5, 0.6) is 0 Å². The Morgan fingerprint density at radius 2 is 2.00 bits per heavy atom. The van der Waals surface area contributed by atoms with Gasteiger partial charge in [-0.15, -0.1) is 0 Å². The molecule has 1 aliphatic heterocycles. The van der Waals surface area contributed by atoms with Gasteiger partial charge in [0.15, 0.2) is 0 Å². The second kappa shape index (κ2) is 3.50. The van der Waals surface area contributed by atoms with Gasteiger partial charge in [-0.05, 0) is 31.8 Å². The van der Waals surface area contributed by atoms with Crippen LogP contribution in [-0.2, 0) is 0 Å². The maximum absolute atomic E-state index is 10.3. The fourth-order valence-electron chi connectivity index (χ4n) is 2.06. The van der Waals surface area contributed by atoms with E-state index in [0.29, 0.717) is 6.67 Å². The molecule has 0 radical (unpaired) electrons. The van der Waals surface area contributed by atoms with Crippen LogP contribution in [0.25, 0.3) is 0 Å². The molecule has 0 aromatic carbocycles. The fourth-order valence-corrected chi connectivity index (χ4v) is 2.06. The van der Waals surface area contributed by atoms with Gasteiger partial charge in [0.25, 0.3) is 0 Å². The first kappa shape index (κ1) is 8.75. The Hall–Kier alpha value is -0.830. The van der Waals surface area contributed by atoms with E-state index in [1.54, 1.807) is 6.21 Å². The second-order valence-corrected chi connectivity index (χ2v) is 3.83. The zero-order chi connectivity index (χ0) is 9.15. The van der Waals surface area contributed by atoms with Crippen LogP contribution < -0.4 is 0 Å². The molecule has 0 unspecified atom stereocenters. The van der Waals surface area contributed by atoms with E-state index in [2.05, 4.69) is 4.99 Å². The van der Waals surface area contributed by atoms with E-state index >= 15 is 0 Å². The SMILES string of the molecule is OC1(N2C=CC=NC2)CCCCC1. The Kier molecular flexibility index (Phi) is 2.36. The minimum absolute atomic E-state index is 0.604. The number of nitrogens with zero attached hydrogens (tertiary/aromatic N) is 2. The third-order valence-corrected chi connectivity index (χ3v) is 2.88. The molecule has 72 valence electrons. The third-order valence-electron chi connectivity index (χ3n) is 2.88. The molecule has 2 rings (SSSR count). The van der Waals surface area contributed by atoms with E-state index in [1.165, 1.54) is 6.42 Å². The zero-order valence-corrected chi connectivity index (χ0v) is 7.82. The molecule has 1 aliphatic carbocycles. The Morgan fingerprint density at radius 1 is 1.23 bits per heavy atom. The van der Waals surface area contributed by atoms with Gasteiger partial charge in [-0.1, -0.05) is 6.42 Å². The molecular formula is C10H16N2O. The van der Waals surface area contributed by atoms with Crippen molar-refractivity contribution in [2.75, 3.05) is 6.67 Å². The van der Waals surface area contributed by atoms with Gasteiger partial charge in [-0.25, -0.2) is 0 Å². The van der Waals surface area contributed by atoms with Crippen LogP contribution in [0.15, 0.2) is 17.3 Å². The number of aliphatic imine (C=N–C) groups is 1. The highest BCUT2D eigenvalue weighted by Crippen LogP contribution is 2.31. The lowest BCUT2D eigenvalue weighted by Gasteiger charge is -2.41. The van der Waals surface area contributed by atoms with Crippen molar-refractivity contribution < 1.29 is 5.11 Å². The van der Waals surface area contributed by atoms with E-state index in [9.17, 15) is 5.11 Å². The lowest BCUT2D eigenvalue weighted by atomic mass is 9.90. The van der Waals surface area contributed by atoms with Crippen molar-refractivity contribution in [1.29, 1.82) is 0 Å². The average Bonchev–Trinajstić information content (AvgIpc) is 2.20. The molecule has 0 saturated heterocycles. The summed E-state index contributed by atoms with van der Waals surface area (Å²) in [6.07, 6.45) is 10.9. The first-order valence-corrected chi connectivity index (χ1v) is 4.97. The lowest BCUT2D eigenvalue weighted by molar-refractivity contribution is -0.107. The van der Waals surface area contributed by atoms with Crippen molar-refractivity contribution in [3.05, 3.63) is 12.3 Å². The van der Waals surface area contributed by atoms with E-state index in [0.717, 1.165) is 25.7 Å². The third kappa shape index (κ3) is 1.75. The number of allylic oxidation sites excluding steroid dienone is 1. The quantitative estimate of drug-likeness (QED) is 0.663. The van der Waals surface area contributed by atoms with Gasteiger partial charge in [0, 0.05) is 12.4 Å². The highest BCUT2D eigenvalue weighted by molar-refractivity contribution is 5.71. The van der Waals surface area contributed by atoms with Crippen LogP contribution in [0, 0.1) is 0 Å². The first-order chi connectivity index (χ1) is 6.31. The van der Waals surface area contributed by atoms with E-state index in [-0.39, 0.29) is 0 Å². The summed E-state index contributed by atoms with van der Waals surface area (Å²) >= 11 is 0. The van der Waals surface area contributed by atoms with Gasteiger partial charge < -0.3 is 10.0 Å². The van der Waals surface area contributed by atoms with Crippen LogP contribution in [0.3, 0.4) is 0 Å². The van der Waals surface area contributed by atoms with Gasteiger partial charge in [-0.2, -0.15) is 0 Å². The predicted octanol–water partition coefficient (Wildman–Crippen LogP) is 1.50. The smallest absolute Gasteiger partial charge is 0.138 e. The number of aliphatic hydroxyl groups is 1. The standard InChI is InChI=1S/C10H16N2O/c13-10(5-2-1-3-6-10)12-8-4-7-11-9-12/h4,7-8,13H,1-3,5-6,9H2. The largest absolute Gasteiger partial charge is 0.371 e. The van der Waals surface area contributed by atoms with Crippen molar-refractivity contribution in [1.82, 2.24) is 4.90 Å². The normalized spacial score (nSPS) is 26.4. The Bertz CT molecular complexity index is 229. The summed E-state index contributed by atoms with van der Waals surface area (Å²) in [5, 5.41) is 10.3. The summed E-state index contributed by atoms with van der Waals surface area (Å²) in [5.74, 6) is 0. The molecule has 0 amide bonds. The minimum Gasteiger partial charge on any atom is -0.371 e. The monoisotopic (exact) mass is 180 g/mol. The molecule has 0 spiro atoms. The molecule has 13 heavy (non-hydrogen) atoms. The summed E-state index contributed by atoms with van der Waals surface area (Å²) < 4.78 is 0. The van der Waals surface area contributed by atoms with Gasteiger partial charge in [0.1, 0.15) is 12.4 Å². The molecule has 0 bridgehead atoms. The number of hydrogen-bond acceptors (Lipinski definition) is 3. The Morgan fingerprint density at radius 3 is 2.62 bits per heavy atom. The van der Waals surface area contributed by atoms with Gasteiger partial charge in [-0.3, -0.25) is 4.99 Å². The van der Waals surface area contributed by atoms with Gasteiger partial charge >= 0.3 is 0 Å². The second-order valence-electron chi connectivity index (χ2n) is 3.83. The highest BCUT2D eigenvalue weighted by atomic mass is 16.3. The molecule has 1 fully saturated rings. The van der Waals surface area contributed by atoms with E-state index in [4.69, 9.17) is 0 Å². The first-order valence-electron chi connectivity index (χ1n) is 4.97. The van der Waals surface area contributed by atoms with Crippen molar-refractivity contribution in [3.63, 3.8) is 0 Å². The van der Waals surface area contributed by atoms with Crippen molar-refractivity contribution in [2.24, 2.45) is 4.99 Å². The molecule has 3 heteroatoms. The number of hydrogen-bond donors (Lipinski definition) is 1. The van der Waals surface area contributed by atoms with Crippen molar-refractivity contribution in [3.8, 4) is 0 Å². The van der Waals surface area contributed by atoms with Gasteiger partial charge in [0.2, 0.25) is 0 Å². The predicted molar refractivity (Wildman–Crippen MR) is 52.4 cm³/mol. The van der Waals surface area contributed by atoms with E-state index in [1.807, 2.05) is 17.2 Å². The molecule has 0 aromatic heterocycles. The van der Waals surface area contributed by atoms with Crippen molar-refractivity contribution in [2.45, 2.75) is 37.8 Å². The lowest BCUT2D eigenvalue weighted by Crippen LogP contribution is -2.47. The van der Waals surface area contributed by atoms with Crippen LogP contribution in [0.4, 0.5) is 0 Å². The van der Waals surface area contributed by atoms with E-state index < -0.39 is 5.72 Å². The summed E-state index contributed by atoms with van der Waals surface area (Å²) in [7, 11) is 0. The highest BCUT2D eigenvalue weighted by Gasteiger charge is 2.33. The molecule has 1 heterocycles. The number of rotatable bonds is 1. The summed E-state index contributed by atoms with van der Waals surface area (Å²) in [5.41, 5.74) is -0.619. The van der Waals surface area contributed by atoms with Gasteiger partial charge in [0.05, 0.1) is 0 Å². The molecular weight excluding hydrogens is 164 g/mol. The molecule has 0 aromatic rings. The molecule has 1 saturated carbocycles. The zero-order valence-electron chi connectivity index (χ0n) is 7.82. The summed E-state index contributed by atoms with van der Waals surface area (Å²) in [4.78, 5) is 6.08. The van der Waals surface area contributed by atoms with Crippen molar-refractivity contribution >= 4 is 6.21 Å². The molecule has 0 atom stereocenters. The minimum atomic E-state index is -0.619.